The van der Waals surface area contributed by atoms with Crippen molar-refractivity contribution in [2.24, 2.45) is 0 Å². The number of halogens is 3. The van der Waals surface area contributed by atoms with Crippen molar-refractivity contribution in [3.8, 4) is 5.75 Å². The fraction of sp³-hybridized carbons (Fsp3) is 0.292. The van der Waals surface area contributed by atoms with Gasteiger partial charge in [0.25, 0.3) is 5.91 Å². The van der Waals surface area contributed by atoms with Crippen molar-refractivity contribution >= 4 is 37.4 Å². The van der Waals surface area contributed by atoms with Crippen LogP contribution in [0.5, 0.6) is 5.75 Å². The van der Waals surface area contributed by atoms with Gasteiger partial charge < -0.3 is 29.7 Å². The molecule has 0 spiro atoms. The fourth-order valence-electron chi connectivity index (χ4n) is 3.89. The van der Waals surface area contributed by atoms with E-state index in [4.69, 9.17) is 9.26 Å². The summed E-state index contributed by atoms with van der Waals surface area (Å²) >= 11 is 0. The zero-order valence-electron chi connectivity index (χ0n) is 20.3. The second-order valence-corrected chi connectivity index (χ2v) is 9.45. The number of hydrogen-bond acceptors (Lipinski definition) is 8. The van der Waals surface area contributed by atoms with Crippen molar-refractivity contribution < 1.29 is 32.1 Å². The lowest BCUT2D eigenvalue weighted by Gasteiger charge is -2.17. The number of benzene rings is 2. The molecule has 13 heteroatoms. The van der Waals surface area contributed by atoms with Crippen molar-refractivity contribution in [1.82, 2.24) is 14.9 Å². The molecule has 3 N–H and O–H groups in total. The molecule has 1 aliphatic heterocycles. The summed E-state index contributed by atoms with van der Waals surface area (Å²) < 4.78 is 52.0. The van der Waals surface area contributed by atoms with E-state index in [1.54, 1.807) is 44.3 Å². The van der Waals surface area contributed by atoms with Crippen LogP contribution in [-0.4, -0.2) is 46.4 Å². The highest BCUT2D eigenvalue weighted by Gasteiger charge is 2.36. The number of methoxy groups -OCH3 is 1. The molecular weight excluding hydrogens is 510 g/mol. The Morgan fingerprint density at radius 1 is 1.19 bits per heavy atom. The summed E-state index contributed by atoms with van der Waals surface area (Å²) in [6.07, 6.45) is -3.77. The third kappa shape index (κ3) is 5.93. The molecule has 3 aromatic rings. The van der Waals surface area contributed by atoms with Crippen LogP contribution >= 0.6 is 8.38 Å². The summed E-state index contributed by atoms with van der Waals surface area (Å²) in [5.74, 6) is -0.528. The lowest BCUT2D eigenvalue weighted by atomic mass is 10.1. The number of amides is 1. The molecule has 0 fully saturated rings. The van der Waals surface area contributed by atoms with Gasteiger partial charge >= 0.3 is 6.18 Å². The Bertz CT molecular complexity index is 1310. The molecule has 0 bridgehead atoms. The molecule has 0 aliphatic carbocycles. The van der Waals surface area contributed by atoms with Gasteiger partial charge in [0.2, 0.25) is 5.95 Å². The fourth-order valence-corrected chi connectivity index (χ4v) is 4.79. The SMILES string of the molecule is CCOP(O)Cc1ccc(Nc2ncc(C(F)(F)F)c(Nc3cccc4c3C(=O)N(C)C4)n2)c(OC)c1. The average molecular weight is 535 g/mol. The first-order chi connectivity index (χ1) is 17.6. The van der Waals surface area contributed by atoms with Crippen molar-refractivity contribution in [3.63, 3.8) is 0 Å². The number of carbonyl (C=O) groups excluding carboxylic acids is 1. The van der Waals surface area contributed by atoms with E-state index in [1.165, 1.54) is 18.1 Å². The van der Waals surface area contributed by atoms with E-state index >= 15 is 0 Å². The predicted molar refractivity (Wildman–Crippen MR) is 133 cm³/mol. The number of nitrogens with zero attached hydrogens (tertiary/aromatic N) is 3. The number of aromatic nitrogens is 2. The molecule has 2 aromatic carbocycles. The number of nitrogens with one attached hydrogen (secondary N) is 2. The highest BCUT2D eigenvalue weighted by molar-refractivity contribution is 7.45. The van der Waals surface area contributed by atoms with Crippen molar-refractivity contribution in [1.29, 1.82) is 0 Å². The summed E-state index contributed by atoms with van der Waals surface area (Å²) in [5.41, 5.74) is 1.32. The van der Waals surface area contributed by atoms with E-state index < -0.39 is 25.9 Å². The monoisotopic (exact) mass is 535 g/mol. The van der Waals surface area contributed by atoms with E-state index in [0.717, 1.165) is 5.56 Å². The van der Waals surface area contributed by atoms with E-state index in [2.05, 4.69) is 20.6 Å². The first kappa shape index (κ1) is 26.6. The maximum absolute atomic E-state index is 13.8. The molecular formula is C24H25F3N5O4P. The van der Waals surface area contributed by atoms with Gasteiger partial charge in [-0.25, -0.2) is 4.98 Å². The third-order valence-corrected chi connectivity index (χ3v) is 6.77. The number of ether oxygens (including phenoxy) is 1. The number of rotatable bonds is 9. The second kappa shape index (κ2) is 10.9. The predicted octanol–water partition coefficient (Wildman–Crippen LogP) is 5.42. The molecule has 4 rings (SSSR count). The van der Waals surface area contributed by atoms with Crippen LogP contribution in [0, 0.1) is 0 Å². The maximum atomic E-state index is 13.8. The average Bonchev–Trinajstić information content (AvgIpc) is 3.13. The van der Waals surface area contributed by atoms with Gasteiger partial charge in [-0.05, 0) is 36.2 Å². The zero-order chi connectivity index (χ0) is 26.7. The van der Waals surface area contributed by atoms with Gasteiger partial charge in [0, 0.05) is 26.0 Å². The number of fused-ring (bicyclic) bond motifs is 1. The smallest absolute Gasteiger partial charge is 0.421 e. The van der Waals surface area contributed by atoms with E-state index in [0.29, 0.717) is 48.1 Å². The molecule has 2 heterocycles. The van der Waals surface area contributed by atoms with Crippen LogP contribution in [0.3, 0.4) is 0 Å². The highest BCUT2D eigenvalue weighted by Crippen LogP contribution is 2.40. The van der Waals surface area contributed by atoms with Gasteiger partial charge in [0.1, 0.15) is 17.1 Å². The summed E-state index contributed by atoms with van der Waals surface area (Å²) in [4.78, 5) is 31.9. The summed E-state index contributed by atoms with van der Waals surface area (Å²) in [6.45, 7) is 2.54. The van der Waals surface area contributed by atoms with Crippen LogP contribution in [0.2, 0.25) is 0 Å². The van der Waals surface area contributed by atoms with Gasteiger partial charge in [-0.2, -0.15) is 18.2 Å². The summed E-state index contributed by atoms with van der Waals surface area (Å²) in [5, 5.41) is 5.58. The summed E-state index contributed by atoms with van der Waals surface area (Å²) in [6, 6.07) is 10.0. The Labute approximate surface area is 212 Å². The Hall–Kier alpha value is -3.47. The second-order valence-electron chi connectivity index (χ2n) is 8.17. The maximum Gasteiger partial charge on any atom is 0.421 e. The van der Waals surface area contributed by atoms with Crippen LogP contribution in [0.15, 0.2) is 42.6 Å². The van der Waals surface area contributed by atoms with Gasteiger partial charge in [0.05, 0.1) is 30.7 Å². The first-order valence-corrected chi connectivity index (χ1v) is 12.6. The Balaban J connectivity index is 1.65. The lowest BCUT2D eigenvalue weighted by Crippen LogP contribution is -2.18. The minimum Gasteiger partial charge on any atom is -0.495 e. The van der Waals surface area contributed by atoms with Crippen molar-refractivity contribution in [2.45, 2.75) is 25.8 Å². The molecule has 37 heavy (non-hydrogen) atoms. The normalized spacial score (nSPS) is 13.9. The van der Waals surface area contributed by atoms with Crippen LogP contribution in [0.1, 0.15) is 34.0 Å². The third-order valence-electron chi connectivity index (χ3n) is 5.57. The largest absolute Gasteiger partial charge is 0.495 e. The Morgan fingerprint density at radius 3 is 2.68 bits per heavy atom. The zero-order valence-corrected chi connectivity index (χ0v) is 21.2. The number of carbonyl (C=O) groups is 1. The molecule has 1 atom stereocenters. The van der Waals surface area contributed by atoms with Crippen LogP contribution in [-0.2, 0) is 23.4 Å². The Morgan fingerprint density at radius 2 is 1.97 bits per heavy atom. The van der Waals surface area contributed by atoms with E-state index in [9.17, 15) is 22.9 Å². The first-order valence-electron chi connectivity index (χ1n) is 11.2. The molecule has 1 aliphatic rings. The molecule has 1 amide bonds. The van der Waals surface area contributed by atoms with E-state index in [1.807, 2.05) is 0 Å². The van der Waals surface area contributed by atoms with Gasteiger partial charge in [-0.1, -0.05) is 18.2 Å². The van der Waals surface area contributed by atoms with Gasteiger partial charge in [-0.15, -0.1) is 0 Å². The minimum absolute atomic E-state index is 0.115. The highest BCUT2D eigenvalue weighted by atomic mass is 31.2. The van der Waals surface area contributed by atoms with Crippen LogP contribution in [0.25, 0.3) is 0 Å². The number of hydrogen-bond donors (Lipinski definition) is 3. The minimum atomic E-state index is -4.73. The molecule has 9 nitrogen and oxygen atoms in total. The molecule has 0 saturated heterocycles. The Kier molecular flexibility index (Phi) is 7.82. The quantitative estimate of drug-likeness (QED) is 0.312. The standard InChI is InChI=1S/C24H25F3N5O4P/c1-4-36-37(34)13-14-8-9-17(19(10-14)35-3)30-23-28-11-16(24(25,26)27)21(31-23)29-18-7-5-6-15-12-32(2)22(33)20(15)18/h5-11,34H,4,12-13H2,1-3H3,(H2,28,29,30,31). The van der Waals surface area contributed by atoms with Crippen LogP contribution in [0.4, 0.5) is 36.3 Å². The van der Waals surface area contributed by atoms with Gasteiger partial charge in [0.15, 0.2) is 8.38 Å². The molecule has 0 saturated carbocycles. The van der Waals surface area contributed by atoms with Crippen LogP contribution < -0.4 is 15.4 Å². The number of anilines is 4. The number of alkyl halides is 3. The molecule has 196 valence electrons. The topological polar surface area (TPSA) is 109 Å². The van der Waals surface area contributed by atoms with Gasteiger partial charge in [-0.3, -0.25) is 4.79 Å². The lowest BCUT2D eigenvalue weighted by molar-refractivity contribution is -0.137. The molecule has 0 radical (unpaired) electrons. The summed E-state index contributed by atoms with van der Waals surface area (Å²) in [7, 11) is 1.44. The van der Waals surface area contributed by atoms with Crippen molar-refractivity contribution in [3.05, 3.63) is 64.8 Å². The molecule has 1 aromatic heterocycles. The van der Waals surface area contributed by atoms with Crippen molar-refractivity contribution in [2.75, 3.05) is 31.4 Å². The molecule has 1 unspecified atom stereocenters. The van der Waals surface area contributed by atoms with E-state index in [-0.39, 0.29) is 17.5 Å².